The first kappa shape index (κ1) is 22.9. The molecule has 0 bridgehead atoms. The summed E-state index contributed by atoms with van der Waals surface area (Å²) in [4.78, 5) is 17.1. The second kappa shape index (κ2) is 8.27. The average molecular weight is 489 g/mol. The molecule has 4 heterocycles. The molecule has 0 radical (unpaired) electrons. The summed E-state index contributed by atoms with van der Waals surface area (Å²) in [5, 5.41) is 9.12. The molecule has 0 atom stereocenters. The van der Waals surface area contributed by atoms with Crippen LogP contribution in [0.15, 0.2) is 40.9 Å². The number of sulfone groups is 1. The molecule has 0 saturated carbocycles. The third kappa shape index (κ3) is 4.11. The molecule has 1 amide bonds. The maximum absolute atomic E-state index is 13.2. The van der Waals surface area contributed by atoms with Crippen LogP contribution in [-0.4, -0.2) is 49.7 Å². The molecule has 174 valence electrons. The summed E-state index contributed by atoms with van der Waals surface area (Å²) in [6.07, 6.45) is 3.08. The Morgan fingerprint density at radius 3 is 2.67 bits per heavy atom. The number of carbonyl (C=O) groups excluding carboxylic acids is 1. The molecule has 0 saturated heterocycles. The van der Waals surface area contributed by atoms with Crippen LogP contribution >= 0.6 is 11.5 Å². The van der Waals surface area contributed by atoms with Crippen molar-refractivity contribution in [1.82, 2.24) is 28.9 Å². The number of pyridine rings is 1. The Morgan fingerprint density at radius 1 is 1.27 bits per heavy atom. The summed E-state index contributed by atoms with van der Waals surface area (Å²) in [6.45, 7) is 5.22. The van der Waals surface area contributed by atoms with Crippen LogP contribution in [0.4, 0.5) is 0 Å². The molecule has 12 heteroatoms. The van der Waals surface area contributed by atoms with Gasteiger partial charge in [0, 0.05) is 24.7 Å². The number of imidazole rings is 1. The van der Waals surface area contributed by atoms with Gasteiger partial charge in [-0.25, -0.2) is 13.4 Å². The lowest BCUT2D eigenvalue weighted by atomic mass is 10.2. The van der Waals surface area contributed by atoms with Crippen molar-refractivity contribution in [3.63, 3.8) is 0 Å². The first-order valence-electron chi connectivity index (χ1n) is 10.0. The number of carbonyl (C=O) groups is 1. The van der Waals surface area contributed by atoms with Gasteiger partial charge in [0.05, 0.1) is 36.0 Å². The van der Waals surface area contributed by atoms with Crippen LogP contribution in [0.1, 0.15) is 37.0 Å². The topological polar surface area (TPSA) is 120 Å². The molecule has 0 aromatic carbocycles. The Bertz CT molecular complexity index is 1430. The Balaban J connectivity index is 1.74. The summed E-state index contributed by atoms with van der Waals surface area (Å²) in [7, 11) is -0.608. The normalized spacial score (nSPS) is 12.3. The second-order valence-corrected chi connectivity index (χ2v) is 11.7. The smallest absolute Gasteiger partial charge is 0.269 e. The molecular weight excluding hydrogens is 464 g/mol. The number of hydrogen-bond donors (Lipinski definition) is 1. The maximum Gasteiger partial charge on any atom is 0.269 e. The van der Waals surface area contributed by atoms with Gasteiger partial charge in [0.1, 0.15) is 27.7 Å². The van der Waals surface area contributed by atoms with Crippen LogP contribution in [0.3, 0.4) is 0 Å². The Kier molecular flexibility index (Phi) is 5.74. The van der Waals surface area contributed by atoms with Gasteiger partial charge in [-0.3, -0.25) is 13.9 Å². The van der Waals surface area contributed by atoms with Crippen LogP contribution in [0, 0.1) is 0 Å². The van der Waals surface area contributed by atoms with E-state index < -0.39 is 14.6 Å². The van der Waals surface area contributed by atoms with Crippen molar-refractivity contribution in [1.29, 1.82) is 0 Å². The zero-order valence-electron chi connectivity index (χ0n) is 18.9. The van der Waals surface area contributed by atoms with Gasteiger partial charge in [-0.1, -0.05) is 0 Å². The number of fused-ring (bicyclic) bond motifs is 1. The largest absolute Gasteiger partial charge is 0.495 e. The highest BCUT2D eigenvalue weighted by Crippen LogP contribution is 2.34. The molecule has 0 aliphatic rings. The number of ether oxygens (including phenoxy) is 1. The van der Waals surface area contributed by atoms with E-state index in [1.807, 2.05) is 11.4 Å². The van der Waals surface area contributed by atoms with Crippen molar-refractivity contribution >= 4 is 32.9 Å². The third-order valence-electron chi connectivity index (χ3n) is 5.19. The molecule has 0 unspecified atom stereocenters. The van der Waals surface area contributed by atoms with Gasteiger partial charge >= 0.3 is 0 Å². The second-order valence-electron chi connectivity index (χ2n) is 8.41. The lowest BCUT2D eigenvalue weighted by Gasteiger charge is -2.21. The van der Waals surface area contributed by atoms with Crippen molar-refractivity contribution in [3.05, 3.63) is 47.4 Å². The summed E-state index contributed by atoms with van der Waals surface area (Å²) in [6, 6.07) is 5.06. The molecule has 33 heavy (non-hydrogen) atoms. The number of aryl methyl sites for hydroxylation is 1. The lowest BCUT2D eigenvalue weighted by Crippen LogP contribution is -2.28. The van der Waals surface area contributed by atoms with Gasteiger partial charge in [-0.15, -0.1) is 0 Å². The summed E-state index contributed by atoms with van der Waals surface area (Å²) < 4.78 is 38.0. The quantitative estimate of drug-likeness (QED) is 0.443. The van der Waals surface area contributed by atoms with Crippen molar-refractivity contribution < 1.29 is 17.9 Å². The van der Waals surface area contributed by atoms with Gasteiger partial charge in [0.2, 0.25) is 0 Å². The van der Waals surface area contributed by atoms with E-state index in [2.05, 4.69) is 19.8 Å². The Morgan fingerprint density at radius 2 is 2.03 bits per heavy atom. The maximum atomic E-state index is 13.2. The molecule has 10 nitrogen and oxygen atoms in total. The van der Waals surface area contributed by atoms with E-state index in [0.717, 1.165) is 5.69 Å². The number of methoxy groups -OCH3 is 1. The summed E-state index contributed by atoms with van der Waals surface area (Å²) in [5.41, 5.74) is 2.65. The van der Waals surface area contributed by atoms with Crippen molar-refractivity contribution in [2.45, 2.75) is 37.0 Å². The zero-order chi connectivity index (χ0) is 24.0. The van der Waals surface area contributed by atoms with Crippen LogP contribution in [0.2, 0.25) is 0 Å². The van der Waals surface area contributed by atoms with Gasteiger partial charge in [-0.05, 0) is 44.4 Å². The number of nitrogens with one attached hydrogen (secondary N) is 1. The minimum Gasteiger partial charge on any atom is -0.495 e. The molecule has 4 aromatic rings. The van der Waals surface area contributed by atoms with E-state index in [4.69, 9.17) is 4.74 Å². The molecule has 1 N–H and O–H groups in total. The molecule has 0 aliphatic heterocycles. The number of rotatable bonds is 6. The molecular formula is C21H24N6O4S2. The SMILES string of the molecule is COc1cc2ncc(-c3cc(C(=O)NCc4ccsn4)n(C)n3)n2cc1S(=O)(=O)C(C)(C)C. The minimum absolute atomic E-state index is 0.0569. The monoisotopic (exact) mass is 488 g/mol. The number of aromatic nitrogens is 5. The van der Waals surface area contributed by atoms with E-state index in [-0.39, 0.29) is 16.6 Å². The van der Waals surface area contributed by atoms with Crippen molar-refractivity contribution in [2.24, 2.45) is 7.05 Å². The van der Waals surface area contributed by atoms with Gasteiger partial charge in [0.15, 0.2) is 9.84 Å². The predicted octanol–water partition coefficient (Wildman–Crippen LogP) is 2.70. The number of hydrogen-bond acceptors (Lipinski definition) is 8. The average Bonchev–Trinajstić information content (AvgIpc) is 3.49. The van der Waals surface area contributed by atoms with Gasteiger partial charge in [-0.2, -0.15) is 9.47 Å². The standard InChI is InChI=1S/C21H24N6O4S2/c1-21(2,3)33(29,30)18-12-27-16(11-22-19(27)9-17(18)31-5)14-8-15(26(4)24-14)20(28)23-10-13-6-7-32-25-13/h6-9,11-12H,10H2,1-5H3,(H,23,28). The summed E-state index contributed by atoms with van der Waals surface area (Å²) in [5.74, 6) is -0.0755. The summed E-state index contributed by atoms with van der Waals surface area (Å²) >= 11 is 1.32. The van der Waals surface area contributed by atoms with E-state index >= 15 is 0 Å². The molecule has 0 fully saturated rings. The first-order chi connectivity index (χ1) is 15.5. The van der Waals surface area contributed by atoms with Crippen molar-refractivity contribution in [3.8, 4) is 17.1 Å². The fourth-order valence-electron chi connectivity index (χ4n) is 3.26. The van der Waals surface area contributed by atoms with E-state index in [0.29, 0.717) is 29.3 Å². The molecule has 0 aliphatic carbocycles. The van der Waals surface area contributed by atoms with Gasteiger partial charge < -0.3 is 10.1 Å². The number of nitrogens with zero attached hydrogens (tertiary/aromatic N) is 5. The molecule has 4 rings (SSSR count). The number of amides is 1. The highest BCUT2D eigenvalue weighted by atomic mass is 32.2. The Labute approximate surface area is 195 Å². The predicted molar refractivity (Wildman–Crippen MR) is 124 cm³/mol. The fraction of sp³-hybridized carbons (Fsp3) is 0.333. The highest BCUT2D eigenvalue weighted by Gasteiger charge is 2.34. The van der Waals surface area contributed by atoms with Crippen LogP contribution in [0.5, 0.6) is 5.75 Å². The first-order valence-corrected chi connectivity index (χ1v) is 12.4. The van der Waals surface area contributed by atoms with Crippen molar-refractivity contribution in [2.75, 3.05) is 7.11 Å². The van der Waals surface area contributed by atoms with Gasteiger partial charge in [0.25, 0.3) is 5.91 Å². The minimum atomic E-state index is -3.70. The van der Waals surface area contributed by atoms with Crippen LogP contribution in [-0.2, 0) is 23.4 Å². The van der Waals surface area contributed by atoms with E-state index in [1.165, 1.54) is 29.5 Å². The molecule has 0 spiro atoms. The van der Waals surface area contributed by atoms with Crippen LogP contribution < -0.4 is 10.1 Å². The Hall–Kier alpha value is -3.25. The third-order valence-corrected chi connectivity index (χ3v) is 8.28. The lowest BCUT2D eigenvalue weighted by molar-refractivity contribution is 0.0941. The highest BCUT2D eigenvalue weighted by molar-refractivity contribution is 7.92. The fourth-order valence-corrected chi connectivity index (χ4v) is 5.11. The molecule has 4 aromatic heterocycles. The van der Waals surface area contributed by atoms with Crippen LogP contribution in [0.25, 0.3) is 17.0 Å². The van der Waals surface area contributed by atoms with E-state index in [1.54, 1.807) is 50.5 Å². The van der Waals surface area contributed by atoms with E-state index in [9.17, 15) is 13.2 Å². The zero-order valence-corrected chi connectivity index (χ0v) is 20.5.